The number of fused-ring (bicyclic) bond motifs is 1. The Morgan fingerprint density at radius 1 is 1.30 bits per heavy atom. The monoisotopic (exact) mass is 459 g/mol. The van der Waals surface area contributed by atoms with Crippen LogP contribution in [0, 0.1) is 11.3 Å². The van der Waals surface area contributed by atoms with Crippen LogP contribution in [0.2, 0.25) is 0 Å². The Hall–Kier alpha value is -3.16. The van der Waals surface area contributed by atoms with Gasteiger partial charge in [0.15, 0.2) is 0 Å². The Balaban J connectivity index is 1.77. The van der Waals surface area contributed by atoms with Crippen LogP contribution in [-0.4, -0.2) is 83.3 Å². The summed E-state index contributed by atoms with van der Waals surface area (Å²) in [6.45, 7) is 6.99. The van der Waals surface area contributed by atoms with Crippen molar-refractivity contribution in [1.29, 1.82) is 5.26 Å². The quantitative estimate of drug-likeness (QED) is 0.613. The van der Waals surface area contributed by atoms with Crippen molar-refractivity contribution in [3.8, 4) is 11.8 Å². The van der Waals surface area contributed by atoms with E-state index in [1.807, 2.05) is 4.90 Å². The van der Waals surface area contributed by atoms with Crippen LogP contribution >= 0.6 is 0 Å². The number of piperazine rings is 1. The SMILES string of the molecule is CC(=O)OCC(CN1CCN([C@@H]2c3cc(C#N)ccc3OC(C)(C)[C@H]2O)C(=O)C1)OC(C)=O. The first-order valence-corrected chi connectivity index (χ1v) is 10.8. The highest BCUT2D eigenvalue weighted by Gasteiger charge is 2.47. The minimum atomic E-state index is -1.01. The van der Waals surface area contributed by atoms with Gasteiger partial charge in [-0.2, -0.15) is 5.26 Å². The largest absolute Gasteiger partial charge is 0.485 e. The molecule has 1 aromatic rings. The van der Waals surface area contributed by atoms with Gasteiger partial charge in [0.2, 0.25) is 5.91 Å². The second-order valence-electron chi connectivity index (χ2n) is 8.82. The molecule has 0 saturated carbocycles. The molecule has 1 N–H and O–H groups in total. The van der Waals surface area contributed by atoms with Gasteiger partial charge in [-0.05, 0) is 32.0 Å². The minimum absolute atomic E-state index is 0.0373. The average Bonchev–Trinajstić information content (AvgIpc) is 2.73. The Labute approximate surface area is 192 Å². The van der Waals surface area contributed by atoms with Gasteiger partial charge in [0, 0.05) is 39.0 Å². The van der Waals surface area contributed by atoms with Crippen LogP contribution in [0.15, 0.2) is 18.2 Å². The summed E-state index contributed by atoms with van der Waals surface area (Å²) in [5.41, 5.74) is 0.0681. The second kappa shape index (κ2) is 9.77. The van der Waals surface area contributed by atoms with Crippen molar-refractivity contribution in [2.24, 2.45) is 0 Å². The fraction of sp³-hybridized carbons (Fsp3) is 0.565. The fourth-order valence-corrected chi connectivity index (χ4v) is 4.22. The lowest BCUT2D eigenvalue weighted by molar-refractivity contribution is -0.160. The van der Waals surface area contributed by atoms with Gasteiger partial charge in [-0.1, -0.05) is 0 Å². The van der Waals surface area contributed by atoms with E-state index in [0.29, 0.717) is 30.0 Å². The van der Waals surface area contributed by atoms with Crippen LogP contribution < -0.4 is 4.74 Å². The summed E-state index contributed by atoms with van der Waals surface area (Å²) >= 11 is 0. The zero-order valence-corrected chi connectivity index (χ0v) is 19.2. The number of ether oxygens (including phenoxy) is 3. The van der Waals surface area contributed by atoms with Crippen molar-refractivity contribution < 1.29 is 33.7 Å². The maximum absolute atomic E-state index is 13.2. The van der Waals surface area contributed by atoms with E-state index in [1.54, 1.807) is 36.9 Å². The molecule has 0 bridgehead atoms. The van der Waals surface area contributed by atoms with Gasteiger partial charge in [-0.15, -0.1) is 0 Å². The van der Waals surface area contributed by atoms with Crippen molar-refractivity contribution in [2.45, 2.75) is 51.5 Å². The predicted molar refractivity (Wildman–Crippen MR) is 115 cm³/mol. The van der Waals surface area contributed by atoms with Gasteiger partial charge in [0.25, 0.3) is 0 Å². The van der Waals surface area contributed by atoms with Crippen molar-refractivity contribution in [2.75, 3.05) is 32.8 Å². The van der Waals surface area contributed by atoms with E-state index in [4.69, 9.17) is 14.2 Å². The van der Waals surface area contributed by atoms with Crippen LogP contribution in [0.25, 0.3) is 0 Å². The number of amides is 1. The Morgan fingerprint density at radius 3 is 2.64 bits per heavy atom. The maximum Gasteiger partial charge on any atom is 0.303 e. The molecule has 2 aliphatic rings. The number of esters is 2. The van der Waals surface area contributed by atoms with Crippen LogP contribution in [0.4, 0.5) is 0 Å². The Kier molecular flexibility index (Phi) is 7.25. The number of aliphatic hydroxyl groups is 1. The molecule has 10 nitrogen and oxygen atoms in total. The van der Waals surface area contributed by atoms with Crippen LogP contribution in [0.5, 0.6) is 5.75 Å². The third-order valence-corrected chi connectivity index (χ3v) is 5.78. The number of nitriles is 1. The summed E-state index contributed by atoms with van der Waals surface area (Å²) in [7, 11) is 0. The van der Waals surface area contributed by atoms with E-state index in [2.05, 4.69) is 6.07 Å². The zero-order valence-electron chi connectivity index (χ0n) is 19.2. The molecule has 0 aromatic heterocycles. The lowest BCUT2D eigenvalue weighted by atomic mass is 9.84. The molecule has 0 aliphatic carbocycles. The van der Waals surface area contributed by atoms with Crippen molar-refractivity contribution in [3.63, 3.8) is 0 Å². The summed E-state index contributed by atoms with van der Waals surface area (Å²) in [5.74, 6) is -0.680. The van der Waals surface area contributed by atoms with Gasteiger partial charge in [-0.25, -0.2) is 0 Å². The molecule has 3 atom stereocenters. The predicted octanol–water partition coefficient (Wildman–Crippen LogP) is 0.770. The fourth-order valence-electron chi connectivity index (χ4n) is 4.22. The van der Waals surface area contributed by atoms with Gasteiger partial charge in [-0.3, -0.25) is 19.3 Å². The molecule has 10 heteroatoms. The van der Waals surface area contributed by atoms with Crippen LogP contribution in [-0.2, 0) is 23.9 Å². The van der Waals surface area contributed by atoms with Crippen molar-refractivity contribution >= 4 is 17.8 Å². The van der Waals surface area contributed by atoms with E-state index in [9.17, 15) is 24.8 Å². The maximum atomic E-state index is 13.2. The molecule has 0 radical (unpaired) electrons. The van der Waals surface area contributed by atoms with Gasteiger partial charge < -0.3 is 24.2 Å². The van der Waals surface area contributed by atoms with E-state index in [0.717, 1.165) is 0 Å². The van der Waals surface area contributed by atoms with E-state index >= 15 is 0 Å². The van der Waals surface area contributed by atoms with Crippen molar-refractivity contribution in [3.05, 3.63) is 29.3 Å². The number of rotatable bonds is 6. The van der Waals surface area contributed by atoms with Gasteiger partial charge in [0.05, 0.1) is 24.2 Å². The Bertz CT molecular complexity index is 971. The third-order valence-electron chi connectivity index (χ3n) is 5.78. The number of benzene rings is 1. The zero-order chi connectivity index (χ0) is 24.3. The molecular weight excluding hydrogens is 430 g/mol. The smallest absolute Gasteiger partial charge is 0.303 e. The number of carbonyl (C=O) groups excluding carboxylic acids is 3. The van der Waals surface area contributed by atoms with Crippen molar-refractivity contribution in [1.82, 2.24) is 9.80 Å². The lowest BCUT2D eigenvalue weighted by Gasteiger charge is -2.48. The number of hydrogen-bond acceptors (Lipinski definition) is 9. The van der Waals surface area contributed by atoms with E-state index < -0.39 is 35.8 Å². The highest BCUT2D eigenvalue weighted by Crippen LogP contribution is 2.43. The van der Waals surface area contributed by atoms with Gasteiger partial charge >= 0.3 is 11.9 Å². The highest BCUT2D eigenvalue weighted by atomic mass is 16.6. The summed E-state index contributed by atoms with van der Waals surface area (Å²) in [6.07, 6.45) is -1.70. The molecular formula is C23H29N3O7. The number of nitrogens with zero attached hydrogens (tertiary/aromatic N) is 3. The first-order chi connectivity index (χ1) is 15.5. The molecule has 0 spiro atoms. The van der Waals surface area contributed by atoms with Crippen LogP contribution in [0.3, 0.4) is 0 Å². The first kappa shape index (κ1) is 24.5. The topological polar surface area (TPSA) is 129 Å². The third kappa shape index (κ3) is 5.61. The average molecular weight is 459 g/mol. The Morgan fingerprint density at radius 2 is 2.03 bits per heavy atom. The molecule has 1 saturated heterocycles. The molecule has 1 unspecified atom stereocenters. The number of aliphatic hydroxyl groups excluding tert-OH is 1. The van der Waals surface area contributed by atoms with E-state index in [1.165, 1.54) is 13.8 Å². The number of carbonyl (C=O) groups is 3. The van der Waals surface area contributed by atoms with Crippen LogP contribution in [0.1, 0.15) is 44.9 Å². The summed E-state index contributed by atoms with van der Waals surface area (Å²) in [5, 5.41) is 20.4. The second-order valence-corrected chi connectivity index (χ2v) is 8.82. The minimum Gasteiger partial charge on any atom is -0.485 e. The highest BCUT2D eigenvalue weighted by molar-refractivity contribution is 5.80. The molecule has 178 valence electrons. The number of hydrogen-bond donors (Lipinski definition) is 1. The summed E-state index contributed by atoms with van der Waals surface area (Å²) < 4.78 is 16.2. The summed E-state index contributed by atoms with van der Waals surface area (Å²) in [6, 6.07) is 6.39. The van der Waals surface area contributed by atoms with E-state index in [-0.39, 0.29) is 25.6 Å². The molecule has 33 heavy (non-hydrogen) atoms. The van der Waals surface area contributed by atoms with Gasteiger partial charge in [0.1, 0.15) is 30.2 Å². The molecule has 2 heterocycles. The standard InChI is InChI=1S/C23H29N3O7/c1-14(27)31-13-17(32-15(2)28)11-25-7-8-26(20(29)12-25)21-18-9-16(10-24)5-6-19(18)33-23(3,4)22(21)30/h5-6,9,17,21-22,30H,7-8,11-13H2,1-4H3/t17?,21-,22+/m1/s1. The first-order valence-electron chi connectivity index (χ1n) is 10.8. The molecule has 2 aliphatic heterocycles. The lowest BCUT2D eigenvalue weighted by Crippen LogP contribution is -2.59. The normalized spacial score (nSPS) is 23.0. The molecule has 1 amide bonds. The molecule has 3 rings (SSSR count). The molecule has 1 fully saturated rings. The summed E-state index contributed by atoms with van der Waals surface area (Å²) in [4.78, 5) is 39.1. The molecule has 1 aromatic carbocycles.